The predicted molar refractivity (Wildman–Crippen MR) is 96.4 cm³/mol. The molecule has 0 saturated heterocycles. The summed E-state index contributed by atoms with van der Waals surface area (Å²) < 4.78 is 1.76. The first-order valence-corrected chi connectivity index (χ1v) is 8.46. The molecule has 1 aromatic carbocycles. The van der Waals surface area contributed by atoms with Crippen molar-refractivity contribution in [3.05, 3.63) is 58.9 Å². The Morgan fingerprint density at radius 2 is 1.67 bits per heavy atom. The molecular formula is C19H23ClN2O2. The summed E-state index contributed by atoms with van der Waals surface area (Å²) >= 11 is 6.20. The molecule has 5 heteroatoms. The van der Waals surface area contributed by atoms with Crippen molar-refractivity contribution in [2.24, 2.45) is 0 Å². The quantitative estimate of drug-likeness (QED) is 0.585. The van der Waals surface area contributed by atoms with E-state index in [9.17, 15) is 9.59 Å². The van der Waals surface area contributed by atoms with Crippen molar-refractivity contribution in [1.29, 1.82) is 0 Å². The summed E-state index contributed by atoms with van der Waals surface area (Å²) in [4.78, 5) is 26.9. The second kappa shape index (κ2) is 7.67. The van der Waals surface area contributed by atoms with Crippen LogP contribution < -0.4 is 0 Å². The monoisotopic (exact) mass is 346 g/mol. The van der Waals surface area contributed by atoms with Gasteiger partial charge >= 0.3 is 0 Å². The molecule has 2 rings (SSSR count). The number of amides is 1. The van der Waals surface area contributed by atoms with E-state index in [-0.39, 0.29) is 12.1 Å². The van der Waals surface area contributed by atoms with Crippen LogP contribution in [-0.2, 0) is 11.3 Å². The summed E-state index contributed by atoms with van der Waals surface area (Å²) in [6.07, 6.45) is 1.79. The molecule has 0 spiro atoms. The van der Waals surface area contributed by atoms with E-state index in [0.717, 1.165) is 5.56 Å². The van der Waals surface area contributed by atoms with Gasteiger partial charge < -0.3 is 9.47 Å². The third-order valence-corrected chi connectivity index (χ3v) is 4.27. The maximum Gasteiger partial charge on any atom is 0.297 e. The molecule has 0 N–H and O–H groups in total. The molecule has 4 nitrogen and oxygen atoms in total. The highest BCUT2D eigenvalue weighted by Gasteiger charge is 2.28. The van der Waals surface area contributed by atoms with Crippen LogP contribution in [0.4, 0.5) is 0 Å². The summed E-state index contributed by atoms with van der Waals surface area (Å²) in [6.45, 7) is 8.09. The largest absolute Gasteiger partial charge is 0.340 e. The highest BCUT2D eigenvalue weighted by molar-refractivity contribution is 6.42. The molecule has 1 heterocycles. The van der Waals surface area contributed by atoms with Gasteiger partial charge in [0.15, 0.2) is 0 Å². The first kappa shape index (κ1) is 18.3. The minimum absolute atomic E-state index is 0.0339. The summed E-state index contributed by atoms with van der Waals surface area (Å²) in [5, 5.41) is 0.641. The van der Waals surface area contributed by atoms with Gasteiger partial charge in [-0.25, -0.2) is 0 Å². The van der Waals surface area contributed by atoms with E-state index in [1.807, 2.05) is 52.0 Å². The maximum atomic E-state index is 12.7. The highest BCUT2D eigenvalue weighted by atomic mass is 35.5. The summed E-state index contributed by atoms with van der Waals surface area (Å²) in [6, 6.07) is 10.9. The van der Waals surface area contributed by atoms with Gasteiger partial charge in [0.1, 0.15) is 0 Å². The van der Waals surface area contributed by atoms with E-state index in [1.54, 1.807) is 27.8 Å². The van der Waals surface area contributed by atoms with E-state index in [1.165, 1.54) is 0 Å². The zero-order valence-electron chi connectivity index (χ0n) is 14.5. The summed E-state index contributed by atoms with van der Waals surface area (Å²) in [7, 11) is 0. The first-order chi connectivity index (χ1) is 11.3. The van der Waals surface area contributed by atoms with Gasteiger partial charge in [0, 0.05) is 29.8 Å². The van der Waals surface area contributed by atoms with Crippen LogP contribution in [-0.4, -0.2) is 33.2 Å². The molecule has 2 aromatic rings. The maximum absolute atomic E-state index is 12.7. The van der Waals surface area contributed by atoms with Gasteiger partial charge in [-0.1, -0.05) is 29.8 Å². The van der Waals surface area contributed by atoms with E-state index in [0.29, 0.717) is 17.3 Å². The van der Waals surface area contributed by atoms with Crippen LogP contribution in [0.5, 0.6) is 0 Å². The molecule has 0 saturated carbocycles. The topological polar surface area (TPSA) is 42.3 Å². The average Bonchev–Trinajstić information content (AvgIpc) is 2.96. The second-order valence-corrected chi connectivity index (χ2v) is 6.75. The number of rotatable bonds is 6. The lowest BCUT2D eigenvalue weighted by Gasteiger charge is -2.30. The molecule has 0 atom stereocenters. The first-order valence-electron chi connectivity index (χ1n) is 8.08. The Bertz CT molecular complexity index is 726. The number of halogens is 1. The Balaban J connectivity index is 2.27. The number of Topliss-reactive ketones (excluding diaryl/α,β-unsaturated/α-hetero) is 1. The molecular weight excluding hydrogens is 324 g/mol. The van der Waals surface area contributed by atoms with Crippen molar-refractivity contribution in [1.82, 2.24) is 9.47 Å². The molecule has 0 bridgehead atoms. The van der Waals surface area contributed by atoms with Crippen LogP contribution in [0.15, 0.2) is 42.6 Å². The van der Waals surface area contributed by atoms with Crippen LogP contribution in [0.25, 0.3) is 0 Å². The van der Waals surface area contributed by atoms with Crippen molar-refractivity contribution in [2.75, 3.05) is 0 Å². The molecule has 0 unspecified atom stereocenters. The van der Waals surface area contributed by atoms with Gasteiger partial charge in [-0.2, -0.15) is 0 Å². The summed E-state index contributed by atoms with van der Waals surface area (Å²) in [5.41, 5.74) is 1.28. The lowest BCUT2D eigenvalue weighted by Crippen LogP contribution is -2.46. The number of hydrogen-bond donors (Lipinski definition) is 0. The van der Waals surface area contributed by atoms with Crippen LogP contribution in [0, 0.1) is 0 Å². The van der Waals surface area contributed by atoms with E-state index >= 15 is 0 Å². The molecule has 0 fully saturated rings. The van der Waals surface area contributed by atoms with Crippen LogP contribution >= 0.6 is 11.6 Å². The molecule has 24 heavy (non-hydrogen) atoms. The molecule has 0 aliphatic carbocycles. The van der Waals surface area contributed by atoms with Crippen molar-refractivity contribution in [3.8, 4) is 0 Å². The Morgan fingerprint density at radius 3 is 2.25 bits per heavy atom. The molecule has 1 aromatic heterocycles. The van der Waals surface area contributed by atoms with Crippen molar-refractivity contribution < 1.29 is 9.59 Å². The number of carbonyl (C=O) groups is 2. The van der Waals surface area contributed by atoms with Gasteiger partial charge in [-0.15, -0.1) is 0 Å². The van der Waals surface area contributed by atoms with Crippen LogP contribution in [0.3, 0.4) is 0 Å². The molecule has 0 radical (unpaired) electrons. The molecule has 0 aliphatic rings. The highest BCUT2D eigenvalue weighted by Crippen LogP contribution is 2.18. The number of carbonyl (C=O) groups excluding carboxylic acids is 2. The summed E-state index contributed by atoms with van der Waals surface area (Å²) in [5.74, 6) is -0.964. The third-order valence-electron chi connectivity index (χ3n) is 3.90. The van der Waals surface area contributed by atoms with Gasteiger partial charge in [0.05, 0.1) is 5.69 Å². The van der Waals surface area contributed by atoms with E-state index < -0.39 is 11.7 Å². The van der Waals surface area contributed by atoms with Gasteiger partial charge in [-0.3, -0.25) is 9.59 Å². The molecule has 1 amide bonds. The molecule has 0 aliphatic heterocycles. The number of nitrogens with zero attached hydrogens (tertiary/aromatic N) is 2. The normalized spacial score (nSPS) is 11.1. The Labute approximate surface area is 148 Å². The minimum atomic E-state index is -0.491. The van der Waals surface area contributed by atoms with Crippen LogP contribution in [0.2, 0.25) is 5.02 Å². The van der Waals surface area contributed by atoms with Crippen molar-refractivity contribution in [3.63, 3.8) is 0 Å². The Morgan fingerprint density at radius 1 is 1.04 bits per heavy atom. The Kier molecular flexibility index (Phi) is 5.84. The molecule has 128 valence electrons. The Hall–Kier alpha value is -2.07. The number of aromatic nitrogens is 1. The standard InChI is InChI=1S/C19H23ClN2O2/c1-13(2)22(14(3)4)19(24)18(23)17-10-7-11-21(17)12-15-8-5-6-9-16(15)20/h5-11,13-14H,12H2,1-4H3. The number of benzene rings is 1. The number of ketones is 1. The smallest absolute Gasteiger partial charge is 0.297 e. The fraction of sp³-hybridized carbons (Fsp3) is 0.368. The second-order valence-electron chi connectivity index (χ2n) is 6.34. The average molecular weight is 347 g/mol. The van der Waals surface area contributed by atoms with Crippen LogP contribution in [0.1, 0.15) is 43.7 Å². The lowest BCUT2D eigenvalue weighted by molar-refractivity contribution is -0.129. The van der Waals surface area contributed by atoms with Crippen molar-refractivity contribution in [2.45, 2.75) is 46.3 Å². The minimum Gasteiger partial charge on any atom is -0.340 e. The fourth-order valence-corrected chi connectivity index (χ4v) is 3.06. The SMILES string of the molecule is CC(C)N(C(=O)C(=O)c1cccn1Cc1ccccc1Cl)C(C)C. The van der Waals surface area contributed by atoms with E-state index in [2.05, 4.69) is 0 Å². The zero-order chi connectivity index (χ0) is 17.9. The van der Waals surface area contributed by atoms with E-state index in [4.69, 9.17) is 11.6 Å². The van der Waals surface area contributed by atoms with Gasteiger partial charge in [0.25, 0.3) is 11.7 Å². The zero-order valence-corrected chi connectivity index (χ0v) is 15.2. The van der Waals surface area contributed by atoms with Gasteiger partial charge in [0.2, 0.25) is 0 Å². The predicted octanol–water partition coefficient (Wildman–Crippen LogP) is 4.02. The van der Waals surface area contributed by atoms with Crippen molar-refractivity contribution >= 4 is 23.3 Å². The third kappa shape index (κ3) is 3.88. The number of hydrogen-bond acceptors (Lipinski definition) is 2. The lowest BCUT2D eigenvalue weighted by atomic mass is 10.1. The fourth-order valence-electron chi connectivity index (χ4n) is 2.86. The van der Waals surface area contributed by atoms with Gasteiger partial charge in [-0.05, 0) is 51.5 Å².